The summed E-state index contributed by atoms with van der Waals surface area (Å²) in [4.78, 5) is 0.595. The van der Waals surface area contributed by atoms with Gasteiger partial charge in [-0.15, -0.1) is 11.3 Å². The summed E-state index contributed by atoms with van der Waals surface area (Å²) in [6.07, 6.45) is -12.0. The van der Waals surface area contributed by atoms with Crippen molar-refractivity contribution in [1.82, 2.24) is 0 Å². The van der Waals surface area contributed by atoms with Crippen LogP contribution in [0.4, 0.5) is 26.3 Å². The van der Waals surface area contributed by atoms with Gasteiger partial charge in [-0.25, -0.2) is 0 Å². The van der Waals surface area contributed by atoms with Crippen LogP contribution in [-0.4, -0.2) is 27.7 Å². The first kappa shape index (κ1) is 26.0. The van der Waals surface area contributed by atoms with Crippen molar-refractivity contribution in [3.63, 3.8) is 0 Å². The molecule has 1 aromatic heterocycles. The van der Waals surface area contributed by atoms with Crippen molar-refractivity contribution in [2.45, 2.75) is 44.7 Å². The Morgan fingerprint density at radius 3 is 2.09 bits per heavy atom. The normalized spacial score (nSPS) is 12.8. The number of halogens is 6. The fraction of sp³-hybridized carbons (Fsp3) is 0.304. The van der Waals surface area contributed by atoms with Gasteiger partial charge in [-0.3, -0.25) is 0 Å². The summed E-state index contributed by atoms with van der Waals surface area (Å²) in [5.41, 5.74) is -6.09. The molecule has 0 aliphatic rings. The number of hydrogen-bond acceptors (Lipinski definition) is 5. The third-order valence-electron chi connectivity index (χ3n) is 5.28. The molecule has 0 amide bonds. The maximum Gasteiger partial charge on any atom is 0.430 e. The molecule has 1 heterocycles. The van der Waals surface area contributed by atoms with Gasteiger partial charge >= 0.3 is 12.4 Å². The topological polar surface area (TPSA) is 69.9 Å². The lowest BCUT2D eigenvalue weighted by Gasteiger charge is -2.35. The van der Waals surface area contributed by atoms with Crippen molar-refractivity contribution < 1.29 is 46.4 Å². The standard InChI is InChI=1S/C23H20F6O4S/c1-13-3-2-4-18(20(13)21(32,22(24,25)26)23(27,28)29)19-8-7-17(34-19)12-33-16-6-5-14(10-30)15(9-16)11-31/h2-9,30-32H,10-12H2,1H3. The number of ether oxygens (including phenoxy) is 1. The summed E-state index contributed by atoms with van der Waals surface area (Å²) in [6, 6.07) is 11.0. The summed E-state index contributed by atoms with van der Waals surface area (Å²) in [6.45, 7) is 0.435. The molecule has 0 saturated carbocycles. The van der Waals surface area contributed by atoms with Gasteiger partial charge in [-0.05, 0) is 53.4 Å². The molecule has 0 spiro atoms. The number of aryl methyl sites for hydroxylation is 1. The molecular weight excluding hydrogens is 486 g/mol. The van der Waals surface area contributed by atoms with Gasteiger partial charge in [0.2, 0.25) is 0 Å². The van der Waals surface area contributed by atoms with Gasteiger partial charge in [0.25, 0.3) is 5.60 Å². The van der Waals surface area contributed by atoms with Crippen molar-refractivity contribution in [2.75, 3.05) is 0 Å². The van der Waals surface area contributed by atoms with E-state index in [1.807, 2.05) is 0 Å². The van der Waals surface area contributed by atoms with Crippen molar-refractivity contribution in [2.24, 2.45) is 0 Å². The SMILES string of the molecule is Cc1cccc(-c2ccc(COc3ccc(CO)c(CO)c3)s2)c1C(O)(C(F)(F)F)C(F)(F)F. The molecule has 0 bridgehead atoms. The number of thiophene rings is 1. The summed E-state index contributed by atoms with van der Waals surface area (Å²) in [7, 11) is 0. The van der Waals surface area contributed by atoms with Crippen LogP contribution in [0.3, 0.4) is 0 Å². The number of aliphatic hydroxyl groups is 3. The van der Waals surface area contributed by atoms with E-state index in [1.165, 1.54) is 24.3 Å². The van der Waals surface area contributed by atoms with Gasteiger partial charge in [-0.1, -0.05) is 24.3 Å². The van der Waals surface area contributed by atoms with Gasteiger partial charge in [0, 0.05) is 15.3 Å². The van der Waals surface area contributed by atoms with Crippen LogP contribution in [0.1, 0.15) is 27.1 Å². The molecule has 0 atom stereocenters. The average molecular weight is 506 g/mol. The van der Waals surface area contributed by atoms with E-state index < -0.39 is 23.5 Å². The second-order valence-corrected chi connectivity index (χ2v) is 8.67. The van der Waals surface area contributed by atoms with Gasteiger partial charge in [-0.2, -0.15) is 26.3 Å². The second kappa shape index (κ2) is 9.57. The third-order valence-corrected chi connectivity index (χ3v) is 6.37. The van der Waals surface area contributed by atoms with Gasteiger partial charge in [0.1, 0.15) is 12.4 Å². The minimum Gasteiger partial charge on any atom is -0.488 e. The first-order valence-corrected chi connectivity index (χ1v) is 10.7. The number of hydrogen-bond donors (Lipinski definition) is 3. The summed E-state index contributed by atoms with van der Waals surface area (Å²) in [5, 5.41) is 28.6. The van der Waals surface area contributed by atoms with Crippen LogP contribution in [0.15, 0.2) is 48.5 Å². The molecule has 0 radical (unpaired) electrons. The van der Waals surface area contributed by atoms with Gasteiger partial charge in [0.05, 0.1) is 13.2 Å². The van der Waals surface area contributed by atoms with E-state index in [9.17, 15) is 41.7 Å². The quantitative estimate of drug-likeness (QED) is 0.365. The molecule has 3 rings (SSSR count). The zero-order chi connectivity index (χ0) is 25.3. The molecular formula is C23H20F6O4S. The molecule has 3 aromatic rings. The highest BCUT2D eigenvalue weighted by Gasteiger charge is 2.72. The van der Waals surface area contributed by atoms with Crippen LogP contribution in [0, 0.1) is 6.92 Å². The summed E-state index contributed by atoms with van der Waals surface area (Å²) < 4.78 is 87.0. The van der Waals surface area contributed by atoms with E-state index in [-0.39, 0.29) is 35.8 Å². The fourth-order valence-electron chi connectivity index (χ4n) is 3.55. The van der Waals surface area contributed by atoms with Crippen molar-refractivity contribution >= 4 is 11.3 Å². The highest BCUT2D eigenvalue weighted by molar-refractivity contribution is 7.15. The Balaban J connectivity index is 1.96. The lowest BCUT2D eigenvalue weighted by atomic mass is 9.84. The summed E-state index contributed by atoms with van der Waals surface area (Å²) >= 11 is 0.923. The molecule has 34 heavy (non-hydrogen) atoms. The Bertz CT molecular complexity index is 1140. The largest absolute Gasteiger partial charge is 0.488 e. The monoisotopic (exact) mass is 506 g/mol. The molecule has 11 heteroatoms. The summed E-state index contributed by atoms with van der Waals surface area (Å²) in [5.74, 6) is 0.357. The predicted molar refractivity (Wildman–Crippen MR) is 113 cm³/mol. The molecule has 0 saturated heterocycles. The lowest BCUT2D eigenvalue weighted by molar-refractivity contribution is -0.376. The number of aliphatic hydroxyl groups excluding tert-OH is 2. The molecule has 0 unspecified atom stereocenters. The van der Waals surface area contributed by atoms with Crippen LogP contribution in [0.25, 0.3) is 10.4 Å². The number of alkyl halides is 6. The maximum atomic E-state index is 13.6. The van der Waals surface area contributed by atoms with E-state index in [0.717, 1.165) is 30.4 Å². The number of rotatable bonds is 7. The van der Waals surface area contributed by atoms with Gasteiger partial charge < -0.3 is 20.1 Å². The fourth-order valence-corrected chi connectivity index (χ4v) is 4.50. The molecule has 0 fully saturated rings. The minimum absolute atomic E-state index is 0.0437. The van der Waals surface area contributed by atoms with E-state index in [4.69, 9.17) is 4.74 Å². The van der Waals surface area contributed by atoms with E-state index in [2.05, 4.69) is 0 Å². The Morgan fingerprint density at radius 1 is 0.853 bits per heavy atom. The first-order chi connectivity index (χ1) is 15.8. The van der Waals surface area contributed by atoms with E-state index in [1.54, 1.807) is 12.1 Å². The molecule has 0 aliphatic carbocycles. The molecule has 184 valence electrons. The first-order valence-electron chi connectivity index (χ1n) is 9.84. The van der Waals surface area contributed by atoms with E-state index in [0.29, 0.717) is 21.8 Å². The van der Waals surface area contributed by atoms with E-state index >= 15 is 0 Å². The molecule has 4 nitrogen and oxygen atoms in total. The highest BCUT2D eigenvalue weighted by atomic mass is 32.1. The van der Waals surface area contributed by atoms with Crippen molar-refractivity contribution in [3.8, 4) is 16.2 Å². The Kier molecular flexibility index (Phi) is 7.32. The van der Waals surface area contributed by atoms with Crippen LogP contribution >= 0.6 is 11.3 Å². The van der Waals surface area contributed by atoms with Crippen LogP contribution in [-0.2, 0) is 25.4 Å². The van der Waals surface area contributed by atoms with Crippen LogP contribution < -0.4 is 4.74 Å². The number of benzene rings is 2. The molecule has 0 aliphatic heterocycles. The highest BCUT2D eigenvalue weighted by Crippen LogP contribution is 2.53. The minimum atomic E-state index is -6.00. The Labute approximate surface area is 194 Å². The Morgan fingerprint density at radius 2 is 1.50 bits per heavy atom. The molecule has 2 aromatic carbocycles. The lowest BCUT2D eigenvalue weighted by Crippen LogP contribution is -2.54. The zero-order valence-electron chi connectivity index (χ0n) is 17.7. The zero-order valence-corrected chi connectivity index (χ0v) is 18.5. The smallest absolute Gasteiger partial charge is 0.430 e. The van der Waals surface area contributed by atoms with Crippen molar-refractivity contribution in [3.05, 3.63) is 75.7 Å². The second-order valence-electron chi connectivity index (χ2n) is 7.50. The van der Waals surface area contributed by atoms with Crippen molar-refractivity contribution in [1.29, 1.82) is 0 Å². The van der Waals surface area contributed by atoms with Crippen LogP contribution in [0.5, 0.6) is 5.75 Å². The predicted octanol–water partition coefficient (Wildman–Crippen LogP) is 5.60. The average Bonchev–Trinajstić information content (AvgIpc) is 3.24. The maximum absolute atomic E-state index is 13.6. The molecule has 3 N–H and O–H groups in total. The Hall–Kier alpha value is -2.60. The van der Waals surface area contributed by atoms with Crippen LogP contribution in [0.2, 0.25) is 0 Å². The van der Waals surface area contributed by atoms with Gasteiger partial charge in [0.15, 0.2) is 0 Å². The third kappa shape index (κ3) is 4.78.